The Hall–Kier alpha value is -0.790. The molecule has 2 saturated heterocycles. The van der Waals surface area contributed by atoms with E-state index in [-0.39, 0.29) is 0 Å². The van der Waals surface area contributed by atoms with Crippen LogP contribution in [0.2, 0.25) is 5.02 Å². The highest BCUT2D eigenvalue weighted by Gasteiger charge is 2.38. The zero-order chi connectivity index (χ0) is 12.7. The van der Waals surface area contributed by atoms with E-state index < -0.39 is 0 Å². The summed E-state index contributed by atoms with van der Waals surface area (Å²) in [4.78, 5) is 2.60. The lowest BCUT2D eigenvalue weighted by Crippen LogP contribution is -2.31. The summed E-state index contributed by atoms with van der Waals surface area (Å²) >= 11 is 5.99. The molecular weight excluding hydrogens is 242 g/mol. The Kier molecular flexibility index (Phi) is 3.21. The summed E-state index contributed by atoms with van der Waals surface area (Å²) in [5, 5.41) is 0.838. The molecule has 1 aromatic carbocycles. The molecule has 1 aromatic rings. The SMILES string of the molecule is CC(C)=C1CN2CCC(c3ccc(Cl)cc3)C1C2. The van der Waals surface area contributed by atoms with E-state index in [0.29, 0.717) is 5.92 Å². The monoisotopic (exact) mass is 261 g/mol. The zero-order valence-corrected chi connectivity index (χ0v) is 11.9. The van der Waals surface area contributed by atoms with Gasteiger partial charge in [0.1, 0.15) is 0 Å². The van der Waals surface area contributed by atoms with Crippen molar-refractivity contribution in [3.8, 4) is 0 Å². The molecule has 0 saturated carbocycles. The maximum atomic E-state index is 5.99. The average Bonchev–Trinajstić information content (AvgIpc) is 2.69. The number of piperidine rings is 1. The van der Waals surface area contributed by atoms with Crippen molar-refractivity contribution in [1.82, 2.24) is 4.90 Å². The van der Waals surface area contributed by atoms with Crippen LogP contribution in [0.5, 0.6) is 0 Å². The molecular formula is C16H20ClN. The summed E-state index contributed by atoms with van der Waals surface area (Å²) in [5.74, 6) is 1.41. The summed E-state index contributed by atoms with van der Waals surface area (Å²) in [6, 6.07) is 8.48. The number of allylic oxidation sites excluding steroid dienone is 1. The van der Waals surface area contributed by atoms with Gasteiger partial charge in [-0.15, -0.1) is 0 Å². The Labute approximate surface area is 114 Å². The maximum Gasteiger partial charge on any atom is 0.0406 e. The average molecular weight is 262 g/mol. The van der Waals surface area contributed by atoms with E-state index in [1.54, 1.807) is 5.57 Å². The Morgan fingerprint density at radius 2 is 1.89 bits per heavy atom. The predicted octanol–water partition coefficient (Wildman–Crippen LogP) is 4.10. The molecule has 2 fully saturated rings. The highest BCUT2D eigenvalue weighted by molar-refractivity contribution is 6.30. The molecule has 0 spiro atoms. The third-order valence-corrected chi connectivity index (χ3v) is 4.73. The van der Waals surface area contributed by atoms with Gasteiger partial charge in [0.15, 0.2) is 0 Å². The standard InChI is InChI=1S/C16H20ClN/c1-11(2)15-9-18-8-7-14(16(15)10-18)12-3-5-13(17)6-4-12/h3-6,14,16H,7-10H2,1-2H3. The van der Waals surface area contributed by atoms with Crippen molar-refractivity contribution in [2.24, 2.45) is 5.92 Å². The normalized spacial score (nSPS) is 30.6. The molecule has 0 aliphatic carbocycles. The molecule has 0 amide bonds. The lowest BCUT2D eigenvalue weighted by atomic mass is 9.79. The summed E-state index contributed by atoms with van der Waals surface area (Å²) in [6.45, 7) is 8.19. The molecule has 3 atom stereocenters. The van der Waals surface area contributed by atoms with E-state index in [1.807, 2.05) is 12.1 Å². The number of benzene rings is 1. The highest BCUT2D eigenvalue weighted by Crippen LogP contribution is 2.43. The van der Waals surface area contributed by atoms with Gasteiger partial charge in [0.25, 0.3) is 0 Å². The smallest absolute Gasteiger partial charge is 0.0406 e. The largest absolute Gasteiger partial charge is 0.299 e. The fourth-order valence-corrected chi connectivity index (χ4v) is 3.64. The van der Waals surface area contributed by atoms with Gasteiger partial charge in [-0.3, -0.25) is 4.90 Å². The highest BCUT2D eigenvalue weighted by atomic mass is 35.5. The first-order chi connectivity index (χ1) is 8.65. The molecule has 2 heteroatoms. The molecule has 0 aromatic heterocycles. The topological polar surface area (TPSA) is 3.24 Å². The van der Waals surface area contributed by atoms with Gasteiger partial charge in [0.05, 0.1) is 0 Å². The van der Waals surface area contributed by atoms with Gasteiger partial charge >= 0.3 is 0 Å². The summed E-state index contributed by atoms with van der Waals surface area (Å²) < 4.78 is 0. The Bertz CT molecular complexity index is 470. The van der Waals surface area contributed by atoms with Crippen molar-refractivity contribution in [1.29, 1.82) is 0 Å². The second-order valence-electron chi connectivity index (χ2n) is 5.81. The van der Waals surface area contributed by atoms with E-state index >= 15 is 0 Å². The molecule has 2 bridgehead atoms. The molecule has 1 nitrogen and oxygen atoms in total. The molecule has 3 rings (SSSR count). The van der Waals surface area contributed by atoms with Crippen LogP contribution in [0.1, 0.15) is 31.7 Å². The molecule has 0 N–H and O–H groups in total. The van der Waals surface area contributed by atoms with E-state index in [2.05, 4.69) is 30.9 Å². The van der Waals surface area contributed by atoms with Crippen LogP contribution in [0.4, 0.5) is 0 Å². The first-order valence-electron chi connectivity index (χ1n) is 6.79. The Morgan fingerprint density at radius 3 is 2.56 bits per heavy atom. The minimum Gasteiger partial charge on any atom is -0.299 e. The second-order valence-corrected chi connectivity index (χ2v) is 6.25. The van der Waals surface area contributed by atoms with Gasteiger partial charge < -0.3 is 0 Å². The molecule has 3 unspecified atom stereocenters. The molecule has 2 heterocycles. The van der Waals surface area contributed by atoms with Crippen LogP contribution in [-0.4, -0.2) is 24.5 Å². The van der Waals surface area contributed by atoms with E-state index in [0.717, 1.165) is 10.9 Å². The van der Waals surface area contributed by atoms with Gasteiger partial charge in [-0.25, -0.2) is 0 Å². The number of halogens is 1. The lowest BCUT2D eigenvalue weighted by Gasteiger charge is -2.31. The summed E-state index contributed by atoms with van der Waals surface area (Å²) in [5.41, 5.74) is 4.65. The third-order valence-electron chi connectivity index (χ3n) is 4.48. The first-order valence-corrected chi connectivity index (χ1v) is 7.17. The Balaban J connectivity index is 1.93. The number of fused-ring (bicyclic) bond motifs is 2. The third kappa shape index (κ3) is 2.10. The molecule has 2 aliphatic heterocycles. The van der Waals surface area contributed by atoms with Gasteiger partial charge in [-0.05, 0) is 50.4 Å². The van der Waals surface area contributed by atoms with Gasteiger partial charge in [-0.2, -0.15) is 0 Å². The molecule has 2 aliphatic rings. The molecule has 96 valence electrons. The van der Waals surface area contributed by atoms with Crippen LogP contribution in [0.3, 0.4) is 0 Å². The van der Waals surface area contributed by atoms with Crippen LogP contribution >= 0.6 is 11.6 Å². The van der Waals surface area contributed by atoms with Crippen molar-refractivity contribution in [2.75, 3.05) is 19.6 Å². The van der Waals surface area contributed by atoms with E-state index in [1.165, 1.54) is 37.2 Å². The van der Waals surface area contributed by atoms with Crippen molar-refractivity contribution >= 4 is 11.6 Å². The van der Waals surface area contributed by atoms with Crippen molar-refractivity contribution < 1.29 is 0 Å². The summed E-state index contributed by atoms with van der Waals surface area (Å²) in [7, 11) is 0. The lowest BCUT2D eigenvalue weighted by molar-refractivity contribution is 0.246. The zero-order valence-electron chi connectivity index (χ0n) is 11.1. The predicted molar refractivity (Wildman–Crippen MR) is 77.1 cm³/mol. The van der Waals surface area contributed by atoms with Crippen LogP contribution in [-0.2, 0) is 0 Å². The fourth-order valence-electron chi connectivity index (χ4n) is 3.51. The van der Waals surface area contributed by atoms with Crippen LogP contribution < -0.4 is 0 Å². The second kappa shape index (κ2) is 4.71. The number of hydrogen-bond donors (Lipinski definition) is 0. The van der Waals surface area contributed by atoms with E-state index in [9.17, 15) is 0 Å². The van der Waals surface area contributed by atoms with Crippen molar-refractivity contribution in [3.05, 3.63) is 46.0 Å². The van der Waals surface area contributed by atoms with Crippen LogP contribution in [0, 0.1) is 5.92 Å². The first kappa shape index (κ1) is 12.3. The Morgan fingerprint density at radius 1 is 1.17 bits per heavy atom. The number of rotatable bonds is 1. The van der Waals surface area contributed by atoms with Gasteiger partial charge in [0, 0.05) is 24.0 Å². The van der Waals surface area contributed by atoms with E-state index in [4.69, 9.17) is 11.6 Å². The van der Waals surface area contributed by atoms with Crippen molar-refractivity contribution in [3.63, 3.8) is 0 Å². The van der Waals surface area contributed by atoms with Crippen LogP contribution in [0.15, 0.2) is 35.4 Å². The number of nitrogens with zero attached hydrogens (tertiary/aromatic N) is 1. The van der Waals surface area contributed by atoms with Gasteiger partial charge in [-0.1, -0.05) is 34.9 Å². The van der Waals surface area contributed by atoms with Crippen LogP contribution in [0.25, 0.3) is 0 Å². The minimum atomic E-state index is 0.686. The summed E-state index contributed by atoms with van der Waals surface area (Å²) in [6.07, 6.45) is 1.28. The minimum absolute atomic E-state index is 0.686. The van der Waals surface area contributed by atoms with Crippen molar-refractivity contribution in [2.45, 2.75) is 26.2 Å². The quantitative estimate of drug-likeness (QED) is 0.688. The van der Waals surface area contributed by atoms with Gasteiger partial charge in [0.2, 0.25) is 0 Å². The molecule has 18 heavy (non-hydrogen) atoms. The molecule has 0 radical (unpaired) electrons. The maximum absolute atomic E-state index is 5.99. The fraction of sp³-hybridized carbons (Fsp3) is 0.500. The number of hydrogen-bond acceptors (Lipinski definition) is 1.